The van der Waals surface area contributed by atoms with E-state index in [0.29, 0.717) is 5.75 Å². The molecular formula is C20H25NO2. The summed E-state index contributed by atoms with van der Waals surface area (Å²) in [5, 5.41) is 0. The lowest BCUT2D eigenvalue weighted by Crippen LogP contribution is -2.36. The molecule has 0 radical (unpaired) electrons. The number of nitrogens with zero attached hydrogens (tertiary/aromatic N) is 1. The summed E-state index contributed by atoms with van der Waals surface area (Å²) in [7, 11) is 0. The lowest BCUT2D eigenvalue weighted by molar-refractivity contribution is -0.140. The molecule has 122 valence electrons. The molecule has 0 amide bonds. The first-order valence-corrected chi connectivity index (χ1v) is 8.15. The molecule has 23 heavy (non-hydrogen) atoms. The van der Waals surface area contributed by atoms with Gasteiger partial charge in [0.2, 0.25) is 0 Å². The molecule has 2 aromatic rings. The van der Waals surface area contributed by atoms with Crippen molar-refractivity contribution in [3.8, 4) is 5.75 Å². The molecule has 0 aliphatic heterocycles. The highest BCUT2D eigenvalue weighted by Gasteiger charge is 2.28. The van der Waals surface area contributed by atoms with E-state index in [-0.39, 0.29) is 12.0 Å². The van der Waals surface area contributed by atoms with Crippen LogP contribution in [-0.2, 0) is 4.79 Å². The molecule has 0 saturated carbocycles. The zero-order valence-electron chi connectivity index (χ0n) is 14.4. The van der Waals surface area contributed by atoms with Crippen LogP contribution in [0.2, 0.25) is 0 Å². The van der Waals surface area contributed by atoms with Crippen LogP contribution in [0.4, 0.5) is 0 Å². The van der Waals surface area contributed by atoms with E-state index in [9.17, 15) is 4.79 Å². The summed E-state index contributed by atoms with van der Waals surface area (Å²) in [6.45, 7) is 9.63. The first-order chi connectivity index (χ1) is 11.1. The van der Waals surface area contributed by atoms with Gasteiger partial charge in [-0.25, -0.2) is 4.79 Å². The highest BCUT2D eigenvalue weighted by atomic mass is 16.5. The standard InChI is InChI=1S/C20H25NO2/c1-5-21(6-2)18(17-13-8-7-9-14-17)20(22)23-19-15(3)11-10-12-16(19)4/h7-14,18H,5-6H2,1-4H3. The number of para-hydroxylation sites is 1. The Morgan fingerprint density at radius 2 is 1.52 bits per heavy atom. The summed E-state index contributed by atoms with van der Waals surface area (Å²) in [6.07, 6.45) is 0. The minimum atomic E-state index is -0.384. The fourth-order valence-electron chi connectivity index (χ4n) is 2.84. The zero-order valence-corrected chi connectivity index (χ0v) is 14.4. The van der Waals surface area contributed by atoms with E-state index in [1.165, 1.54) is 0 Å². The van der Waals surface area contributed by atoms with Crippen LogP contribution in [0, 0.1) is 13.8 Å². The number of hydrogen-bond donors (Lipinski definition) is 0. The van der Waals surface area contributed by atoms with Crippen molar-refractivity contribution >= 4 is 5.97 Å². The molecular weight excluding hydrogens is 286 g/mol. The average molecular weight is 311 g/mol. The minimum absolute atomic E-state index is 0.225. The van der Waals surface area contributed by atoms with Gasteiger partial charge < -0.3 is 4.74 Å². The van der Waals surface area contributed by atoms with Crippen LogP contribution in [0.1, 0.15) is 36.6 Å². The van der Waals surface area contributed by atoms with Crippen LogP contribution in [0.15, 0.2) is 48.5 Å². The van der Waals surface area contributed by atoms with Crippen molar-refractivity contribution in [1.29, 1.82) is 0 Å². The molecule has 2 rings (SSSR count). The third-order valence-corrected chi connectivity index (χ3v) is 4.13. The lowest BCUT2D eigenvalue weighted by Gasteiger charge is -2.28. The molecule has 0 aromatic heterocycles. The van der Waals surface area contributed by atoms with Crippen LogP contribution >= 0.6 is 0 Å². The van der Waals surface area contributed by atoms with Crippen LogP contribution in [0.5, 0.6) is 5.75 Å². The molecule has 0 aliphatic rings. The molecule has 0 spiro atoms. The van der Waals surface area contributed by atoms with Crippen molar-refractivity contribution in [1.82, 2.24) is 4.90 Å². The first-order valence-electron chi connectivity index (χ1n) is 8.15. The normalized spacial score (nSPS) is 12.2. The Morgan fingerprint density at radius 3 is 2.04 bits per heavy atom. The number of carbonyl (C=O) groups is 1. The van der Waals surface area contributed by atoms with E-state index in [0.717, 1.165) is 29.8 Å². The van der Waals surface area contributed by atoms with Gasteiger partial charge in [0.25, 0.3) is 0 Å². The maximum Gasteiger partial charge on any atom is 0.333 e. The number of benzene rings is 2. The number of aryl methyl sites for hydroxylation is 2. The van der Waals surface area contributed by atoms with Crippen molar-refractivity contribution in [2.24, 2.45) is 0 Å². The Bertz CT molecular complexity index is 628. The highest BCUT2D eigenvalue weighted by molar-refractivity contribution is 5.80. The summed E-state index contributed by atoms with van der Waals surface area (Å²) in [5.41, 5.74) is 2.92. The fraction of sp³-hybridized carbons (Fsp3) is 0.350. The Hall–Kier alpha value is -2.13. The van der Waals surface area contributed by atoms with Crippen LogP contribution in [-0.4, -0.2) is 24.0 Å². The Balaban J connectivity index is 2.34. The molecule has 3 heteroatoms. The van der Waals surface area contributed by atoms with E-state index in [1.807, 2.05) is 62.4 Å². The monoisotopic (exact) mass is 311 g/mol. The van der Waals surface area contributed by atoms with Gasteiger partial charge in [-0.2, -0.15) is 0 Å². The number of esters is 1. The second-order valence-corrected chi connectivity index (χ2v) is 5.68. The highest BCUT2D eigenvalue weighted by Crippen LogP contribution is 2.27. The van der Waals surface area contributed by atoms with Crippen LogP contribution in [0.25, 0.3) is 0 Å². The molecule has 1 unspecified atom stereocenters. The van der Waals surface area contributed by atoms with Gasteiger partial charge in [0.05, 0.1) is 0 Å². The summed E-state index contributed by atoms with van der Waals surface area (Å²) in [5.74, 6) is 0.447. The van der Waals surface area contributed by atoms with Crippen molar-refractivity contribution in [2.75, 3.05) is 13.1 Å². The largest absolute Gasteiger partial charge is 0.425 e. The molecule has 0 fully saturated rings. The van der Waals surface area contributed by atoms with Gasteiger partial charge in [-0.1, -0.05) is 62.4 Å². The van der Waals surface area contributed by atoms with Crippen molar-refractivity contribution in [3.05, 3.63) is 65.2 Å². The molecule has 3 nitrogen and oxygen atoms in total. The number of likely N-dealkylation sites (N-methyl/N-ethyl adjacent to an activating group) is 1. The summed E-state index contributed by atoms with van der Waals surface area (Å²) >= 11 is 0. The molecule has 0 saturated heterocycles. The smallest absolute Gasteiger partial charge is 0.333 e. The van der Waals surface area contributed by atoms with Gasteiger partial charge in [-0.05, 0) is 43.6 Å². The fourth-order valence-corrected chi connectivity index (χ4v) is 2.84. The molecule has 0 heterocycles. The molecule has 0 bridgehead atoms. The Morgan fingerprint density at radius 1 is 0.957 bits per heavy atom. The second kappa shape index (κ2) is 7.93. The third kappa shape index (κ3) is 3.99. The summed E-state index contributed by atoms with van der Waals surface area (Å²) < 4.78 is 5.80. The lowest BCUT2D eigenvalue weighted by atomic mass is 10.0. The van der Waals surface area contributed by atoms with Gasteiger partial charge in [0.15, 0.2) is 0 Å². The van der Waals surface area contributed by atoms with Gasteiger partial charge in [-0.15, -0.1) is 0 Å². The molecule has 0 aliphatic carbocycles. The third-order valence-electron chi connectivity index (χ3n) is 4.13. The Labute approximate surface area is 138 Å². The van der Waals surface area contributed by atoms with E-state index >= 15 is 0 Å². The van der Waals surface area contributed by atoms with Gasteiger partial charge in [-0.3, -0.25) is 4.90 Å². The second-order valence-electron chi connectivity index (χ2n) is 5.68. The number of carbonyl (C=O) groups excluding carboxylic acids is 1. The van der Waals surface area contributed by atoms with E-state index in [1.54, 1.807) is 0 Å². The zero-order chi connectivity index (χ0) is 16.8. The maximum absolute atomic E-state index is 12.9. The van der Waals surface area contributed by atoms with Crippen molar-refractivity contribution < 1.29 is 9.53 Å². The quantitative estimate of drug-likeness (QED) is 0.588. The summed E-state index contributed by atoms with van der Waals surface area (Å²) in [6, 6.07) is 15.3. The van der Waals surface area contributed by atoms with Crippen molar-refractivity contribution in [2.45, 2.75) is 33.7 Å². The molecule has 1 atom stereocenters. The van der Waals surface area contributed by atoms with E-state index < -0.39 is 0 Å². The Kier molecular flexibility index (Phi) is 5.94. The predicted octanol–water partition coefficient (Wildman–Crippen LogP) is 4.29. The number of ether oxygens (including phenoxy) is 1. The van der Waals surface area contributed by atoms with E-state index in [4.69, 9.17) is 4.74 Å². The van der Waals surface area contributed by atoms with Crippen molar-refractivity contribution in [3.63, 3.8) is 0 Å². The van der Waals surface area contributed by atoms with Gasteiger partial charge in [0, 0.05) is 0 Å². The first kappa shape index (κ1) is 17.2. The molecule has 2 aromatic carbocycles. The molecule has 0 N–H and O–H groups in total. The summed E-state index contributed by atoms with van der Waals surface area (Å²) in [4.78, 5) is 15.0. The van der Waals surface area contributed by atoms with E-state index in [2.05, 4.69) is 18.7 Å². The van der Waals surface area contributed by atoms with Gasteiger partial charge in [0.1, 0.15) is 11.8 Å². The SMILES string of the molecule is CCN(CC)C(C(=O)Oc1c(C)cccc1C)c1ccccc1. The number of rotatable bonds is 6. The number of hydrogen-bond acceptors (Lipinski definition) is 3. The van der Waals surface area contributed by atoms with Crippen LogP contribution in [0.3, 0.4) is 0 Å². The minimum Gasteiger partial charge on any atom is -0.425 e. The maximum atomic E-state index is 12.9. The predicted molar refractivity (Wildman–Crippen MR) is 93.7 cm³/mol. The van der Waals surface area contributed by atoms with Gasteiger partial charge >= 0.3 is 5.97 Å². The average Bonchev–Trinajstić information content (AvgIpc) is 2.56. The topological polar surface area (TPSA) is 29.5 Å². The van der Waals surface area contributed by atoms with Crippen LogP contribution < -0.4 is 4.74 Å².